The molecule has 1 aliphatic rings. The number of likely N-dealkylation sites (tertiary alicyclic amines) is 1. The molecule has 0 bridgehead atoms. The summed E-state index contributed by atoms with van der Waals surface area (Å²) < 4.78 is 0. The van der Waals surface area contributed by atoms with Crippen LogP contribution in [-0.4, -0.2) is 47.8 Å². The van der Waals surface area contributed by atoms with Gasteiger partial charge in [-0.05, 0) is 54.9 Å². The van der Waals surface area contributed by atoms with Gasteiger partial charge in [0.1, 0.15) is 0 Å². The van der Waals surface area contributed by atoms with Crippen molar-refractivity contribution in [3.63, 3.8) is 0 Å². The molecule has 1 saturated heterocycles. The molecule has 0 aromatic heterocycles. The molecular weight excluding hydrogens is 420 g/mol. The highest BCUT2D eigenvalue weighted by molar-refractivity contribution is 5.77. The summed E-state index contributed by atoms with van der Waals surface area (Å²) in [4.78, 5) is 30.0. The summed E-state index contributed by atoms with van der Waals surface area (Å²) in [5, 5.41) is 0. The zero-order valence-corrected chi connectivity index (χ0v) is 22.8. The van der Waals surface area contributed by atoms with E-state index in [0.29, 0.717) is 37.1 Å². The highest BCUT2D eigenvalue weighted by Gasteiger charge is 2.27. The molecule has 1 aromatic carbocycles. The average Bonchev–Trinajstić information content (AvgIpc) is 2.72. The molecule has 1 atom stereocenters. The molecule has 0 aliphatic carbocycles. The highest BCUT2D eigenvalue weighted by atomic mass is 16.2. The van der Waals surface area contributed by atoms with Crippen molar-refractivity contribution < 1.29 is 9.59 Å². The van der Waals surface area contributed by atoms with E-state index in [4.69, 9.17) is 0 Å². The van der Waals surface area contributed by atoms with Gasteiger partial charge in [0, 0.05) is 39.0 Å². The zero-order chi connectivity index (χ0) is 25.3. The maximum absolute atomic E-state index is 13.4. The quantitative estimate of drug-likeness (QED) is 0.385. The zero-order valence-electron chi connectivity index (χ0n) is 22.8. The minimum Gasteiger partial charge on any atom is -0.343 e. The molecule has 190 valence electrons. The molecule has 2 amide bonds. The minimum absolute atomic E-state index is 0.225. The van der Waals surface area contributed by atoms with Gasteiger partial charge in [0.2, 0.25) is 11.8 Å². The van der Waals surface area contributed by atoms with Crippen molar-refractivity contribution >= 4 is 17.9 Å². The first-order chi connectivity index (χ1) is 15.9. The number of piperidine rings is 1. The van der Waals surface area contributed by atoms with E-state index in [2.05, 4.69) is 71.6 Å². The smallest absolute Gasteiger partial charge is 0.223 e. The Bertz CT molecular complexity index is 799. The third kappa shape index (κ3) is 10.4. The molecule has 1 unspecified atom stereocenters. The van der Waals surface area contributed by atoms with Gasteiger partial charge in [-0.3, -0.25) is 9.59 Å². The van der Waals surface area contributed by atoms with Crippen molar-refractivity contribution in [2.75, 3.05) is 26.2 Å². The summed E-state index contributed by atoms with van der Waals surface area (Å²) in [6.07, 6.45) is 6.42. The van der Waals surface area contributed by atoms with Crippen LogP contribution in [0.4, 0.5) is 0 Å². The van der Waals surface area contributed by atoms with Gasteiger partial charge in [0.05, 0.1) is 0 Å². The van der Waals surface area contributed by atoms with E-state index < -0.39 is 0 Å². The van der Waals surface area contributed by atoms with Gasteiger partial charge >= 0.3 is 0 Å². The van der Waals surface area contributed by atoms with Gasteiger partial charge in [-0.25, -0.2) is 0 Å². The normalized spacial score (nSPS) is 16.6. The maximum Gasteiger partial charge on any atom is 0.223 e. The second-order valence-corrected chi connectivity index (χ2v) is 12.2. The Balaban J connectivity index is 2.04. The molecule has 34 heavy (non-hydrogen) atoms. The standard InChI is InChI=1S/C30H48N2O2/c1-23(2)17-28(33)31-15-13-27(14-16-31)22-32(29(34)19-24(3)20-30(5,6)7)21-25(4)18-26-11-9-8-10-12-26/h8-12,18,23-24,27H,13-17,19-22H2,1-7H3/b25-18+. The number of benzene rings is 1. The lowest BCUT2D eigenvalue weighted by molar-refractivity contribution is -0.135. The van der Waals surface area contributed by atoms with Crippen molar-refractivity contribution in [2.45, 2.75) is 80.6 Å². The predicted molar refractivity (Wildman–Crippen MR) is 143 cm³/mol. The Labute approximate surface area is 208 Å². The largest absolute Gasteiger partial charge is 0.343 e. The van der Waals surface area contributed by atoms with Crippen molar-refractivity contribution in [1.82, 2.24) is 9.80 Å². The van der Waals surface area contributed by atoms with E-state index in [0.717, 1.165) is 38.9 Å². The second-order valence-electron chi connectivity index (χ2n) is 12.2. The van der Waals surface area contributed by atoms with Crippen molar-refractivity contribution in [3.05, 3.63) is 41.5 Å². The van der Waals surface area contributed by atoms with Crippen LogP contribution in [0.5, 0.6) is 0 Å². The van der Waals surface area contributed by atoms with Crippen LogP contribution in [0.1, 0.15) is 86.1 Å². The van der Waals surface area contributed by atoms with Gasteiger partial charge in [-0.2, -0.15) is 0 Å². The molecule has 1 heterocycles. The molecule has 2 rings (SSSR count). The van der Waals surface area contributed by atoms with Crippen LogP contribution in [0.25, 0.3) is 6.08 Å². The fourth-order valence-corrected chi connectivity index (χ4v) is 5.13. The van der Waals surface area contributed by atoms with E-state index in [1.165, 1.54) is 11.1 Å². The third-order valence-corrected chi connectivity index (χ3v) is 6.52. The van der Waals surface area contributed by atoms with Gasteiger partial charge in [-0.15, -0.1) is 0 Å². The molecule has 0 spiro atoms. The van der Waals surface area contributed by atoms with Crippen LogP contribution in [0, 0.1) is 23.2 Å². The van der Waals surface area contributed by atoms with Gasteiger partial charge in [0.25, 0.3) is 0 Å². The number of carbonyl (C=O) groups is 2. The summed E-state index contributed by atoms with van der Waals surface area (Å²) in [6.45, 7) is 18.3. The Kier molecular flexibility index (Phi) is 10.9. The van der Waals surface area contributed by atoms with Gasteiger partial charge in [0.15, 0.2) is 0 Å². The van der Waals surface area contributed by atoms with Crippen LogP contribution >= 0.6 is 0 Å². The van der Waals surface area contributed by atoms with E-state index >= 15 is 0 Å². The topological polar surface area (TPSA) is 40.6 Å². The molecule has 1 aliphatic heterocycles. The number of nitrogens with zero attached hydrogens (tertiary/aromatic N) is 2. The highest BCUT2D eigenvalue weighted by Crippen LogP contribution is 2.27. The molecule has 0 radical (unpaired) electrons. The molecule has 0 saturated carbocycles. The summed E-state index contributed by atoms with van der Waals surface area (Å²) in [6, 6.07) is 10.3. The van der Waals surface area contributed by atoms with Crippen LogP contribution in [0.3, 0.4) is 0 Å². The van der Waals surface area contributed by atoms with Gasteiger partial charge in [-0.1, -0.05) is 83.5 Å². The average molecular weight is 469 g/mol. The van der Waals surface area contributed by atoms with E-state index in [9.17, 15) is 9.59 Å². The molecule has 4 nitrogen and oxygen atoms in total. The van der Waals surface area contributed by atoms with Crippen molar-refractivity contribution in [3.8, 4) is 0 Å². The summed E-state index contributed by atoms with van der Waals surface area (Å²) >= 11 is 0. The van der Waals surface area contributed by atoms with Crippen LogP contribution in [0.15, 0.2) is 35.9 Å². The van der Waals surface area contributed by atoms with E-state index in [-0.39, 0.29) is 17.2 Å². The van der Waals surface area contributed by atoms with Crippen LogP contribution in [-0.2, 0) is 9.59 Å². The number of hydrogen-bond acceptors (Lipinski definition) is 2. The minimum atomic E-state index is 0.225. The Morgan fingerprint density at radius 3 is 2.24 bits per heavy atom. The third-order valence-electron chi connectivity index (χ3n) is 6.52. The molecule has 1 aromatic rings. The summed E-state index contributed by atoms with van der Waals surface area (Å²) in [5.41, 5.74) is 2.60. The van der Waals surface area contributed by atoms with Crippen molar-refractivity contribution in [1.29, 1.82) is 0 Å². The maximum atomic E-state index is 13.4. The fraction of sp³-hybridized carbons (Fsp3) is 0.667. The SMILES string of the molecule is C/C(=C\c1ccccc1)CN(CC1CCN(C(=O)CC(C)C)CC1)C(=O)CC(C)CC(C)(C)C. The summed E-state index contributed by atoms with van der Waals surface area (Å²) in [5.74, 6) is 1.75. The first-order valence-electron chi connectivity index (χ1n) is 13.2. The first kappa shape index (κ1) is 28.1. The lowest BCUT2D eigenvalue weighted by Gasteiger charge is -2.36. The van der Waals surface area contributed by atoms with E-state index in [1.807, 2.05) is 23.1 Å². The Hall–Kier alpha value is -2.10. The number of amides is 2. The second kappa shape index (κ2) is 13.1. The molecular formula is C30H48N2O2. The molecule has 4 heteroatoms. The number of rotatable bonds is 10. The first-order valence-corrected chi connectivity index (χ1v) is 13.2. The Morgan fingerprint density at radius 2 is 1.68 bits per heavy atom. The summed E-state index contributed by atoms with van der Waals surface area (Å²) in [7, 11) is 0. The van der Waals surface area contributed by atoms with E-state index in [1.54, 1.807) is 0 Å². The predicted octanol–water partition coefficient (Wildman–Crippen LogP) is 6.67. The van der Waals surface area contributed by atoms with Crippen LogP contribution < -0.4 is 0 Å². The van der Waals surface area contributed by atoms with Crippen LogP contribution in [0.2, 0.25) is 0 Å². The fourth-order valence-electron chi connectivity index (χ4n) is 5.13. The number of hydrogen-bond donors (Lipinski definition) is 0. The van der Waals surface area contributed by atoms with Gasteiger partial charge < -0.3 is 9.80 Å². The lowest BCUT2D eigenvalue weighted by Crippen LogP contribution is -2.43. The lowest BCUT2D eigenvalue weighted by atomic mass is 9.84. The van der Waals surface area contributed by atoms with Crippen molar-refractivity contribution in [2.24, 2.45) is 23.2 Å². The monoisotopic (exact) mass is 468 g/mol. The molecule has 0 N–H and O–H groups in total. The number of carbonyl (C=O) groups excluding carboxylic acids is 2. The molecule has 1 fully saturated rings. The Morgan fingerprint density at radius 1 is 1.06 bits per heavy atom.